The predicted molar refractivity (Wildman–Crippen MR) is 92.9 cm³/mol. The van der Waals surface area contributed by atoms with Crippen molar-refractivity contribution in [2.45, 2.75) is 44.6 Å². The summed E-state index contributed by atoms with van der Waals surface area (Å²) in [7, 11) is 2.12. The molecule has 24 heavy (non-hydrogen) atoms. The van der Waals surface area contributed by atoms with E-state index in [4.69, 9.17) is 4.98 Å². The maximum atomic E-state index is 12.7. The molecule has 0 saturated carbocycles. The molecule has 0 bridgehead atoms. The number of carbonyl (C=O) groups excluding carboxylic acids is 1. The number of hydrogen-bond acceptors (Lipinski definition) is 4. The van der Waals surface area contributed by atoms with Crippen LogP contribution in [0, 0.1) is 0 Å². The van der Waals surface area contributed by atoms with Crippen molar-refractivity contribution in [3.05, 3.63) is 17.2 Å². The van der Waals surface area contributed by atoms with E-state index in [0.717, 1.165) is 64.2 Å². The van der Waals surface area contributed by atoms with E-state index in [1.807, 2.05) is 4.90 Å². The van der Waals surface area contributed by atoms with Crippen LogP contribution >= 0.6 is 0 Å². The lowest BCUT2D eigenvalue weighted by molar-refractivity contribution is -0.134. The summed E-state index contributed by atoms with van der Waals surface area (Å²) in [6.45, 7) is 5.25. The van der Waals surface area contributed by atoms with Gasteiger partial charge in [-0.05, 0) is 52.1 Å². The molecule has 0 aromatic carbocycles. The van der Waals surface area contributed by atoms with Gasteiger partial charge in [0.2, 0.25) is 5.91 Å². The SMILES string of the molecule is CN1CCN(C(=O)CN2CCCC2c2nc3c([nH]2)CCCC3)CC1. The fourth-order valence-corrected chi connectivity index (χ4v) is 4.29. The summed E-state index contributed by atoms with van der Waals surface area (Å²) in [4.78, 5) is 27.8. The summed E-state index contributed by atoms with van der Waals surface area (Å²) < 4.78 is 0. The van der Waals surface area contributed by atoms with Crippen molar-refractivity contribution in [3.8, 4) is 0 Å². The van der Waals surface area contributed by atoms with Crippen LogP contribution < -0.4 is 0 Å². The molecule has 0 radical (unpaired) electrons. The van der Waals surface area contributed by atoms with E-state index in [2.05, 4.69) is 21.8 Å². The molecule has 1 atom stereocenters. The molecule has 2 aliphatic heterocycles. The Morgan fingerprint density at radius 1 is 1.12 bits per heavy atom. The van der Waals surface area contributed by atoms with E-state index < -0.39 is 0 Å². The number of hydrogen-bond donors (Lipinski definition) is 1. The molecule has 1 unspecified atom stereocenters. The van der Waals surface area contributed by atoms with Gasteiger partial charge in [-0.25, -0.2) is 4.98 Å². The van der Waals surface area contributed by atoms with Gasteiger partial charge >= 0.3 is 0 Å². The number of likely N-dealkylation sites (tertiary alicyclic amines) is 1. The minimum absolute atomic E-state index is 0.284. The van der Waals surface area contributed by atoms with Crippen molar-refractivity contribution in [3.63, 3.8) is 0 Å². The average Bonchev–Trinajstić information content (AvgIpc) is 3.21. The van der Waals surface area contributed by atoms with E-state index in [1.54, 1.807) is 0 Å². The lowest BCUT2D eigenvalue weighted by Gasteiger charge is -2.34. The number of H-pyrrole nitrogens is 1. The molecule has 3 aliphatic rings. The first kappa shape index (κ1) is 16.1. The number of piperazine rings is 1. The van der Waals surface area contributed by atoms with Crippen LogP contribution in [0.5, 0.6) is 0 Å². The average molecular weight is 331 g/mol. The molecular weight excluding hydrogens is 302 g/mol. The van der Waals surface area contributed by atoms with Crippen molar-refractivity contribution < 1.29 is 4.79 Å². The monoisotopic (exact) mass is 331 g/mol. The molecule has 6 heteroatoms. The summed E-state index contributed by atoms with van der Waals surface area (Å²) in [5.74, 6) is 1.39. The minimum Gasteiger partial charge on any atom is -0.344 e. The molecule has 2 saturated heterocycles. The highest BCUT2D eigenvalue weighted by Gasteiger charge is 2.32. The smallest absolute Gasteiger partial charge is 0.236 e. The van der Waals surface area contributed by atoms with Crippen LogP contribution in [0.2, 0.25) is 0 Å². The number of rotatable bonds is 3. The maximum Gasteiger partial charge on any atom is 0.236 e. The van der Waals surface area contributed by atoms with Gasteiger partial charge in [-0.1, -0.05) is 0 Å². The van der Waals surface area contributed by atoms with Crippen LogP contribution in [0.15, 0.2) is 0 Å². The normalized spacial score (nSPS) is 25.9. The van der Waals surface area contributed by atoms with E-state index >= 15 is 0 Å². The number of carbonyl (C=O) groups is 1. The number of amides is 1. The number of aromatic amines is 1. The first-order valence-corrected chi connectivity index (χ1v) is 9.49. The van der Waals surface area contributed by atoms with Crippen LogP contribution in [-0.2, 0) is 17.6 Å². The Kier molecular flexibility index (Phi) is 4.59. The van der Waals surface area contributed by atoms with E-state index in [-0.39, 0.29) is 5.91 Å². The predicted octanol–water partition coefficient (Wildman–Crippen LogP) is 1.20. The standard InChI is InChI=1S/C18H29N5O/c1-21-9-11-22(12-10-21)17(24)13-23-8-4-7-16(23)18-19-14-5-2-3-6-15(14)20-18/h16H,2-13H2,1H3,(H,19,20). The molecule has 4 rings (SSSR count). The number of aryl methyl sites for hydroxylation is 2. The van der Waals surface area contributed by atoms with Gasteiger partial charge in [0.15, 0.2) is 0 Å². The molecule has 1 aliphatic carbocycles. The van der Waals surface area contributed by atoms with Gasteiger partial charge < -0.3 is 14.8 Å². The fourth-order valence-electron chi connectivity index (χ4n) is 4.29. The third-order valence-corrected chi connectivity index (χ3v) is 5.85. The quantitative estimate of drug-likeness (QED) is 0.904. The lowest BCUT2D eigenvalue weighted by Crippen LogP contribution is -2.50. The molecule has 3 heterocycles. The van der Waals surface area contributed by atoms with Crippen molar-refractivity contribution in [1.82, 2.24) is 24.7 Å². The molecule has 6 nitrogen and oxygen atoms in total. The van der Waals surface area contributed by atoms with Crippen LogP contribution in [0.3, 0.4) is 0 Å². The van der Waals surface area contributed by atoms with E-state index in [9.17, 15) is 4.79 Å². The second-order valence-electron chi connectivity index (χ2n) is 7.57. The molecule has 132 valence electrons. The summed E-state index contributed by atoms with van der Waals surface area (Å²) in [5.41, 5.74) is 2.61. The Hall–Kier alpha value is -1.40. The van der Waals surface area contributed by atoms with Gasteiger partial charge in [-0.3, -0.25) is 9.69 Å². The highest BCUT2D eigenvalue weighted by molar-refractivity contribution is 5.78. The first-order chi connectivity index (χ1) is 11.7. The zero-order valence-electron chi connectivity index (χ0n) is 14.8. The van der Waals surface area contributed by atoms with Gasteiger partial charge in [-0.2, -0.15) is 0 Å². The van der Waals surface area contributed by atoms with Crippen molar-refractivity contribution >= 4 is 5.91 Å². The number of nitrogens with zero attached hydrogens (tertiary/aromatic N) is 4. The fraction of sp³-hybridized carbons (Fsp3) is 0.778. The van der Waals surface area contributed by atoms with Gasteiger partial charge in [0.05, 0.1) is 18.3 Å². The summed E-state index contributed by atoms with van der Waals surface area (Å²) >= 11 is 0. The second kappa shape index (κ2) is 6.84. The maximum absolute atomic E-state index is 12.7. The lowest BCUT2D eigenvalue weighted by atomic mass is 10.0. The number of likely N-dealkylation sites (N-methyl/N-ethyl adjacent to an activating group) is 1. The molecule has 1 amide bonds. The Morgan fingerprint density at radius 3 is 2.71 bits per heavy atom. The van der Waals surface area contributed by atoms with Crippen molar-refractivity contribution in [2.24, 2.45) is 0 Å². The zero-order chi connectivity index (χ0) is 16.5. The molecule has 1 aromatic heterocycles. The Bertz CT molecular complexity index is 567. The summed E-state index contributed by atoms with van der Waals surface area (Å²) in [5, 5.41) is 0. The minimum atomic E-state index is 0.284. The third kappa shape index (κ3) is 3.22. The van der Waals surface area contributed by atoms with E-state index in [1.165, 1.54) is 24.2 Å². The van der Waals surface area contributed by atoms with E-state index in [0.29, 0.717) is 12.6 Å². The number of aromatic nitrogens is 2. The topological polar surface area (TPSA) is 55.5 Å². The van der Waals surface area contributed by atoms with Crippen molar-refractivity contribution in [1.29, 1.82) is 0 Å². The molecule has 0 spiro atoms. The molecule has 1 aromatic rings. The Morgan fingerprint density at radius 2 is 1.92 bits per heavy atom. The summed E-state index contributed by atoms with van der Waals surface area (Å²) in [6, 6.07) is 0.298. The number of imidazole rings is 1. The first-order valence-electron chi connectivity index (χ1n) is 9.49. The highest BCUT2D eigenvalue weighted by Crippen LogP contribution is 2.32. The zero-order valence-corrected chi connectivity index (χ0v) is 14.8. The van der Waals surface area contributed by atoms with Crippen LogP contribution in [0.25, 0.3) is 0 Å². The van der Waals surface area contributed by atoms with Gasteiger partial charge in [0, 0.05) is 31.9 Å². The Labute approximate surface area is 144 Å². The molecule has 1 N–H and O–H groups in total. The largest absolute Gasteiger partial charge is 0.344 e. The highest BCUT2D eigenvalue weighted by atomic mass is 16.2. The molecular formula is C18H29N5O. The van der Waals surface area contributed by atoms with Gasteiger partial charge in [0.25, 0.3) is 0 Å². The van der Waals surface area contributed by atoms with Gasteiger partial charge in [-0.15, -0.1) is 0 Å². The summed E-state index contributed by atoms with van der Waals surface area (Å²) in [6.07, 6.45) is 7.04. The van der Waals surface area contributed by atoms with Gasteiger partial charge in [0.1, 0.15) is 5.82 Å². The Balaban J connectivity index is 1.41. The van der Waals surface area contributed by atoms with Crippen LogP contribution in [0.1, 0.15) is 48.9 Å². The number of nitrogens with one attached hydrogen (secondary N) is 1. The van der Waals surface area contributed by atoms with Crippen LogP contribution in [-0.4, -0.2) is 76.9 Å². The number of fused-ring (bicyclic) bond motifs is 1. The van der Waals surface area contributed by atoms with Crippen LogP contribution in [0.4, 0.5) is 0 Å². The molecule has 2 fully saturated rings. The van der Waals surface area contributed by atoms with Crippen molar-refractivity contribution in [2.75, 3.05) is 46.3 Å². The second-order valence-corrected chi connectivity index (χ2v) is 7.57. The third-order valence-electron chi connectivity index (χ3n) is 5.85.